The molecular weight excluding hydrogens is 464 g/mol. The highest BCUT2D eigenvalue weighted by molar-refractivity contribution is 6.35. The van der Waals surface area contributed by atoms with Crippen LogP contribution >= 0.6 is 11.6 Å². The first-order chi connectivity index (χ1) is 15.0. The number of benzene rings is 2. The summed E-state index contributed by atoms with van der Waals surface area (Å²) in [7, 11) is 0. The molecule has 0 saturated carbocycles. The third-order valence-electron chi connectivity index (χ3n) is 5.30. The summed E-state index contributed by atoms with van der Waals surface area (Å²) in [4.78, 5) is 12.7. The Kier molecular flexibility index (Phi) is 7.32. The van der Waals surface area contributed by atoms with Gasteiger partial charge in [-0.1, -0.05) is 35.9 Å². The Bertz CT molecular complexity index is 927. The SMILES string of the molecule is O=C(OC(C(F)(F)F)C(F)(F)F)N1CCC(CCOc2ccc(Cl)c3ccccc23)CC1. The maximum atomic E-state index is 12.6. The summed E-state index contributed by atoms with van der Waals surface area (Å²) in [6.07, 6.45) is -15.8. The maximum absolute atomic E-state index is 12.6. The lowest BCUT2D eigenvalue weighted by molar-refractivity contribution is -0.308. The molecule has 32 heavy (non-hydrogen) atoms. The summed E-state index contributed by atoms with van der Waals surface area (Å²) in [6, 6.07) is 11.0. The Hall–Kier alpha value is -2.36. The summed E-state index contributed by atoms with van der Waals surface area (Å²) in [5.41, 5.74) is 0. The van der Waals surface area contributed by atoms with E-state index in [1.807, 2.05) is 24.3 Å². The van der Waals surface area contributed by atoms with Gasteiger partial charge < -0.3 is 14.4 Å². The molecule has 1 amide bonds. The molecule has 1 saturated heterocycles. The van der Waals surface area contributed by atoms with Crippen LogP contribution in [0.2, 0.25) is 5.02 Å². The third kappa shape index (κ3) is 5.90. The van der Waals surface area contributed by atoms with Crippen LogP contribution in [0.3, 0.4) is 0 Å². The van der Waals surface area contributed by atoms with E-state index in [1.54, 1.807) is 12.1 Å². The molecule has 2 aromatic carbocycles. The molecule has 1 fully saturated rings. The molecule has 176 valence electrons. The van der Waals surface area contributed by atoms with Gasteiger partial charge in [0.2, 0.25) is 0 Å². The first-order valence-corrected chi connectivity index (χ1v) is 10.2. The van der Waals surface area contributed by atoms with Gasteiger partial charge in [-0.3, -0.25) is 0 Å². The van der Waals surface area contributed by atoms with Gasteiger partial charge in [-0.2, -0.15) is 26.3 Å². The number of hydrogen-bond donors (Lipinski definition) is 0. The van der Waals surface area contributed by atoms with Crippen LogP contribution in [0.5, 0.6) is 5.75 Å². The summed E-state index contributed by atoms with van der Waals surface area (Å²) in [6.45, 7) is 0.385. The normalized spacial score (nSPS) is 15.9. The quantitative estimate of drug-likeness (QED) is 0.449. The maximum Gasteiger partial charge on any atom is 0.434 e. The Morgan fingerprint density at radius 1 is 1.00 bits per heavy atom. The van der Waals surface area contributed by atoms with Crippen LogP contribution in [0.4, 0.5) is 31.1 Å². The van der Waals surface area contributed by atoms with Crippen molar-refractivity contribution in [1.29, 1.82) is 0 Å². The second kappa shape index (κ2) is 9.64. The number of fused-ring (bicyclic) bond motifs is 1. The summed E-state index contributed by atoms with van der Waals surface area (Å²) < 4.78 is 85.0. The number of alkyl halides is 6. The lowest BCUT2D eigenvalue weighted by Gasteiger charge is -2.33. The molecule has 0 spiro atoms. The monoisotopic (exact) mass is 483 g/mol. The fourth-order valence-corrected chi connectivity index (χ4v) is 3.82. The van der Waals surface area contributed by atoms with Crippen molar-refractivity contribution in [3.8, 4) is 5.75 Å². The third-order valence-corrected chi connectivity index (χ3v) is 5.63. The standard InChI is InChI=1S/C21H20ClF6NO3/c22-16-5-6-17(15-4-2-1-3-14(15)16)31-12-9-13-7-10-29(11-8-13)19(30)32-18(20(23,24)25)21(26,27)28/h1-6,13,18H,7-12H2. The van der Waals surface area contributed by atoms with E-state index in [1.165, 1.54) is 0 Å². The molecule has 0 unspecified atom stereocenters. The van der Waals surface area contributed by atoms with Crippen molar-refractivity contribution in [3.63, 3.8) is 0 Å². The molecule has 1 aliphatic heterocycles. The van der Waals surface area contributed by atoms with Crippen LogP contribution in [0, 0.1) is 5.92 Å². The zero-order valence-electron chi connectivity index (χ0n) is 16.7. The van der Waals surface area contributed by atoms with Gasteiger partial charge in [-0.05, 0) is 37.3 Å². The first-order valence-electron chi connectivity index (χ1n) is 9.86. The molecule has 4 nitrogen and oxygen atoms in total. The van der Waals surface area contributed by atoms with E-state index in [0.29, 0.717) is 36.6 Å². The van der Waals surface area contributed by atoms with Gasteiger partial charge in [0.15, 0.2) is 0 Å². The number of amides is 1. The molecule has 0 bridgehead atoms. The van der Waals surface area contributed by atoms with Crippen molar-refractivity contribution < 1.29 is 40.6 Å². The summed E-state index contributed by atoms with van der Waals surface area (Å²) >= 11 is 6.18. The van der Waals surface area contributed by atoms with E-state index < -0.39 is 24.5 Å². The van der Waals surface area contributed by atoms with Crippen molar-refractivity contribution in [2.45, 2.75) is 37.7 Å². The number of carbonyl (C=O) groups is 1. The van der Waals surface area contributed by atoms with Gasteiger partial charge in [-0.15, -0.1) is 0 Å². The molecule has 3 rings (SSSR count). The number of likely N-dealkylation sites (tertiary alicyclic amines) is 1. The lowest BCUT2D eigenvalue weighted by Crippen LogP contribution is -2.49. The molecule has 0 radical (unpaired) electrons. The molecule has 11 heteroatoms. The minimum atomic E-state index is -5.73. The smallest absolute Gasteiger partial charge is 0.434 e. The zero-order valence-corrected chi connectivity index (χ0v) is 17.4. The topological polar surface area (TPSA) is 38.8 Å². The van der Waals surface area contributed by atoms with Gasteiger partial charge in [0.1, 0.15) is 5.75 Å². The second-order valence-corrected chi connectivity index (χ2v) is 7.91. The number of nitrogens with zero attached hydrogens (tertiary/aromatic N) is 1. The van der Waals surface area contributed by atoms with Crippen LogP contribution in [0.15, 0.2) is 36.4 Å². The number of hydrogen-bond acceptors (Lipinski definition) is 3. The molecular formula is C21H20ClF6NO3. The van der Waals surface area contributed by atoms with E-state index in [0.717, 1.165) is 15.7 Å². The fourth-order valence-electron chi connectivity index (χ4n) is 3.59. The number of rotatable bonds is 5. The molecule has 1 aliphatic rings. The highest BCUT2D eigenvalue weighted by atomic mass is 35.5. The Labute approximate surface area is 185 Å². The lowest BCUT2D eigenvalue weighted by atomic mass is 9.94. The Balaban J connectivity index is 1.48. The zero-order chi connectivity index (χ0) is 23.5. The largest absolute Gasteiger partial charge is 0.493 e. The van der Waals surface area contributed by atoms with Gasteiger partial charge in [-0.25, -0.2) is 4.79 Å². The number of piperidine rings is 1. The minimum absolute atomic E-state index is 0.00973. The van der Waals surface area contributed by atoms with Crippen molar-refractivity contribution in [1.82, 2.24) is 4.90 Å². The minimum Gasteiger partial charge on any atom is -0.493 e. The molecule has 0 aliphatic carbocycles. The van der Waals surface area contributed by atoms with E-state index in [4.69, 9.17) is 16.3 Å². The first kappa shape index (κ1) is 24.3. The van der Waals surface area contributed by atoms with Crippen molar-refractivity contribution in [2.24, 2.45) is 5.92 Å². The average molecular weight is 484 g/mol. The van der Waals surface area contributed by atoms with Crippen molar-refractivity contribution in [2.75, 3.05) is 19.7 Å². The van der Waals surface area contributed by atoms with Crippen molar-refractivity contribution in [3.05, 3.63) is 41.4 Å². The van der Waals surface area contributed by atoms with Crippen LogP contribution in [0.1, 0.15) is 19.3 Å². The average Bonchev–Trinajstić information content (AvgIpc) is 2.72. The van der Waals surface area contributed by atoms with E-state index in [9.17, 15) is 31.1 Å². The predicted octanol–water partition coefficient (Wildman–Crippen LogP) is 6.60. The Morgan fingerprint density at radius 2 is 1.59 bits per heavy atom. The molecule has 1 heterocycles. The highest BCUT2D eigenvalue weighted by Gasteiger charge is 2.60. The van der Waals surface area contributed by atoms with Gasteiger partial charge >= 0.3 is 18.4 Å². The van der Waals surface area contributed by atoms with E-state index >= 15 is 0 Å². The van der Waals surface area contributed by atoms with Gasteiger partial charge in [0.25, 0.3) is 6.10 Å². The highest BCUT2D eigenvalue weighted by Crippen LogP contribution is 2.36. The molecule has 2 aromatic rings. The number of carbonyl (C=O) groups excluding carboxylic acids is 1. The predicted molar refractivity (Wildman–Crippen MR) is 106 cm³/mol. The Morgan fingerprint density at radius 3 is 2.19 bits per heavy atom. The van der Waals surface area contributed by atoms with Crippen LogP contribution in [-0.2, 0) is 4.74 Å². The summed E-state index contributed by atoms with van der Waals surface area (Å²) in [5, 5.41) is 2.32. The second-order valence-electron chi connectivity index (χ2n) is 7.51. The van der Waals surface area contributed by atoms with E-state index in [-0.39, 0.29) is 19.0 Å². The number of ether oxygens (including phenoxy) is 2. The van der Waals surface area contributed by atoms with Gasteiger partial charge in [0, 0.05) is 28.9 Å². The molecule has 0 aromatic heterocycles. The molecule has 0 N–H and O–H groups in total. The van der Waals surface area contributed by atoms with Crippen LogP contribution in [-0.4, -0.2) is 49.1 Å². The van der Waals surface area contributed by atoms with Crippen LogP contribution in [0.25, 0.3) is 10.8 Å². The molecule has 0 atom stereocenters. The fraction of sp³-hybridized carbons (Fsp3) is 0.476. The van der Waals surface area contributed by atoms with Gasteiger partial charge in [0.05, 0.1) is 6.61 Å². The number of halogens is 7. The summed E-state index contributed by atoms with van der Waals surface area (Å²) in [5.74, 6) is 0.773. The van der Waals surface area contributed by atoms with Crippen molar-refractivity contribution >= 4 is 28.5 Å². The van der Waals surface area contributed by atoms with E-state index in [2.05, 4.69) is 4.74 Å². The van der Waals surface area contributed by atoms with Crippen LogP contribution < -0.4 is 4.74 Å².